The van der Waals surface area contributed by atoms with Crippen molar-refractivity contribution >= 4 is 38.8 Å². The normalized spacial score (nSPS) is 29.8. The Labute approximate surface area is 83.7 Å². The quantitative estimate of drug-likeness (QED) is 0.602. The van der Waals surface area contributed by atoms with Gasteiger partial charge in [0.25, 0.3) is 0 Å². The van der Waals surface area contributed by atoms with Crippen molar-refractivity contribution in [2.75, 3.05) is 18.8 Å². The summed E-state index contributed by atoms with van der Waals surface area (Å²) in [6, 6.07) is 0. The van der Waals surface area contributed by atoms with Gasteiger partial charge in [-0.3, -0.25) is 14.7 Å². The lowest BCUT2D eigenvalue weighted by Crippen LogP contribution is -2.29. The molecular weight excluding hydrogens is 240 g/mol. The van der Waals surface area contributed by atoms with E-state index >= 15 is 0 Å². The Balaban J connectivity index is 2.08. The summed E-state index contributed by atoms with van der Waals surface area (Å²) in [5.41, 5.74) is 0. The van der Waals surface area contributed by atoms with E-state index < -0.39 is 0 Å². The molecule has 0 radical (unpaired) electrons. The van der Waals surface area contributed by atoms with E-state index in [0.717, 1.165) is 24.0 Å². The zero-order chi connectivity index (χ0) is 8.55. The van der Waals surface area contributed by atoms with E-state index in [2.05, 4.69) is 20.9 Å². The molecule has 1 amide bonds. The van der Waals surface area contributed by atoms with Gasteiger partial charge in [0.2, 0.25) is 5.91 Å². The Morgan fingerprint density at radius 3 is 3.00 bits per heavy atom. The third-order valence-corrected chi connectivity index (χ3v) is 3.49. The number of carbonyl (C=O) groups is 1. The van der Waals surface area contributed by atoms with E-state index in [1.165, 1.54) is 0 Å². The van der Waals surface area contributed by atoms with Crippen molar-refractivity contribution in [1.29, 1.82) is 0 Å². The molecule has 66 valence electrons. The average molecular weight is 249 g/mol. The maximum Gasteiger partial charge on any atom is 0.229 e. The van der Waals surface area contributed by atoms with Crippen LogP contribution < -0.4 is 0 Å². The number of alkyl halides is 1. The van der Waals surface area contributed by atoms with Gasteiger partial charge in [-0.15, -0.1) is 0 Å². The number of hydrogen-bond donors (Lipinski definition) is 0. The smallest absolute Gasteiger partial charge is 0.229 e. The molecule has 3 nitrogen and oxygen atoms in total. The predicted octanol–water partition coefficient (Wildman–Crippen LogP) is 1.08. The molecule has 0 aliphatic carbocycles. The minimum absolute atomic E-state index is 0.199. The summed E-state index contributed by atoms with van der Waals surface area (Å²) in [6.07, 6.45) is 0.611. The zero-order valence-electron chi connectivity index (χ0n) is 6.49. The Kier molecular flexibility index (Phi) is 2.41. The number of rotatable bonds is 0. The Bertz CT molecular complexity index is 244. The van der Waals surface area contributed by atoms with E-state index in [0.29, 0.717) is 11.2 Å². The highest BCUT2D eigenvalue weighted by Crippen LogP contribution is 2.24. The summed E-state index contributed by atoms with van der Waals surface area (Å²) in [5.74, 6) is 1.22. The fourth-order valence-electron chi connectivity index (χ4n) is 1.34. The SMILES string of the molecule is O=C1CC(Br)CN1C1=NCCS1. The van der Waals surface area contributed by atoms with Gasteiger partial charge in [-0.05, 0) is 0 Å². The second kappa shape index (κ2) is 3.38. The van der Waals surface area contributed by atoms with Crippen molar-refractivity contribution in [3.8, 4) is 0 Å². The minimum atomic E-state index is 0.199. The van der Waals surface area contributed by atoms with E-state index in [4.69, 9.17) is 0 Å². The summed E-state index contributed by atoms with van der Waals surface area (Å²) in [6.45, 7) is 1.64. The first kappa shape index (κ1) is 8.56. The van der Waals surface area contributed by atoms with Gasteiger partial charge in [0.1, 0.15) is 0 Å². The number of carbonyl (C=O) groups excluding carboxylic acids is 1. The van der Waals surface area contributed by atoms with Crippen molar-refractivity contribution in [3.05, 3.63) is 0 Å². The van der Waals surface area contributed by atoms with E-state index in [1.54, 1.807) is 16.7 Å². The van der Waals surface area contributed by atoms with Crippen molar-refractivity contribution in [3.63, 3.8) is 0 Å². The number of aliphatic imine (C=N–C) groups is 1. The lowest BCUT2D eigenvalue weighted by molar-refractivity contribution is -0.124. The fourth-order valence-corrected chi connectivity index (χ4v) is 2.78. The number of likely N-dealkylation sites (tertiary alicyclic amines) is 1. The summed E-state index contributed by atoms with van der Waals surface area (Å²) in [7, 11) is 0. The molecule has 1 saturated heterocycles. The average Bonchev–Trinajstić information content (AvgIpc) is 2.58. The molecule has 2 rings (SSSR count). The van der Waals surface area contributed by atoms with Crippen LogP contribution in [0.1, 0.15) is 6.42 Å². The van der Waals surface area contributed by atoms with Crippen molar-refractivity contribution in [2.24, 2.45) is 4.99 Å². The number of amidine groups is 1. The van der Waals surface area contributed by atoms with Crippen molar-refractivity contribution in [1.82, 2.24) is 4.90 Å². The highest BCUT2D eigenvalue weighted by molar-refractivity contribution is 9.09. The Morgan fingerprint density at radius 2 is 2.50 bits per heavy atom. The highest BCUT2D eigenvalue weighted by atomic mass is 79.9. The van der Waals surface area contributed by atoms with Crippen LogP contribution in [0.15, 0.2) is 4.99 Å². The summed E-state index contributed by atoms with van der Waals surface area (Å²) in [5, 5.41) is 0.918. The maximum absolute atomic E-state index is 11.4. The van der Waals surface area contributed by atoms with Crippen LogP contribution in [0, 0.1) is 0 Å². The molecule has 0 N–H and O–H groups in total. The highest BCUT2D eigenvalue weighted by Gasteiger charge is 2.32. The van der Waals surface area contributed by atoms with Gasteiger partial charge in [-0.2, -0.15) is 0 Å². The molecule has 2 heterocycles. The van der Waals surface area contributed by atoms with E-state index in [9.17, 15) is 4.79 Å². The topological polar surface area (TPSA) is 32.7 Å². The van der Waals surface area contributed by atoms with Crippen LogP contribution in [0.3, 0.4) is 0 Å². The summed E-state index contributed by atoms with van der Waals surface area (Å²) >= 11 is 5.12. The summed E-state index contributed by atoms with van der Waals surface area (Å²) < 4.78 is 0. The van der Waals surface area contributed by atoms with E-state index in [-0.39, 0.29) is 5.91 Å². The minimum Gasteiger partial charge on any atom is -0.290 e. The standard InChI is InChI=1S/C7H9BrN2OS/c8-5-3-6(11)10(4-5)7-9-1-2-12-7/h5H,1-4H2. The lowest BCUT2D eigenvalue weighted by atomic mass is 10.4. The molecule has 2 aliphatic heterocycles. The van der Waals surface area contributed by atoms with Gasteiger partial charge in [-0.1, -0.05) is 27.7 Å². The first-order chi connectivity index (χ1) is 5.77. The van der Waals surface area contributed by atoms with Gasteiger partial charge < -0.3 is 0 Å². The molecule has 0 saturated carbocycles. The maximum atomic E-state index is 11.4. The molecule has 1 fully saturated rings. The number of nitrogens with zero attached hydrogens (tertiary/aromatic N) is 2. The molecule has 2 aliphatic rings. The first-order valence-electron chi connectivity index (χ1n) is 3.89. The second-order valence-electron chi connectivity index (χ2n) is 2.82. The van der Waals surface area contributed by atoms with Gasteiger partial charge >= 0.3 is 0 Å². The number of hydrogen-bond acceptors (Lipinski definition) is 3. The van der Waals surface area contributed by atoms with Crippen molar-refractivity contribution in [2.45, 2.75) is 11.2 Å². The van der Waals surface area contributed by atoms with Crippen LogP contribution in [-0.4, -0.2) is 39.6 Å². The third-order valence-electron chi connectivity index (χ3n) is 1.88. The van der Waals surface area contributed by atoms with Gasteiger partial charge in [-0.25, -0.2) is 0 Å². The molecule has 0 aromatic carbocycles. The second-order valence-corrected chi connectivity index (χ2v) is 5.18. The van der Waals surface area contributed by atoms with Crippen LogP contribution in [0.25, 0.3) is 0 Å². The molecule has 1 unspecified atom stereocenters. The van der Waals surface area contributed by atoms with Crippen molar-refractivity contribution < 1.29 is 4.79 Å². The van der Waals surface area contributed by atoms with Crippen LogP contribution in [0.5, 0.6) is 0 Å². The summed E-state index contributed by atoms with van der Waals surface area (Å²) in [4.78, 5) is 17.7. The Morgan fingerprint density at radius 1 is 1.67 bits per heavy atom. The lowest BCUT2D eigenvalue weighted by Gasteiger charge is -2.13. The molecule has 0 aromatic heterocycles. The Hall–Kier alpha value is -0.0300. The molecule has 0 bridgehead atoms. The molecular formula is C7H9BrN2OS. The number of halogens is 1. The molecule has 12 heavy (non-hydrogen) atoms. The fraction of sp³-hybridized carbons (Fsp3) is 0.714. The van der Waals surface area contributed by atoms with Gasteiger partial charge in [0.05, 0.1) is 6.54 Å². The van der Waals surface area contributed by atoms with E-state index in [1.807, 2.05) is 0 Å². The van der Waals surface area contributed by atoms with Gasteiger partial charge in [0.15, 0.2) is 5.17 Å². The zero-order valence-corrected chi connectivity index (χ0v) is 8.90. The third kappa shape index (κ3) is 1.52. The largest absolute Gasteiger partial charge is 0.290 e. The predicted molar refractivity (Wildman–Crippen MR) is 53.8 cm³/mol. The van der Waals surface area contributed by atoms with Crippen LogP contribution in [-0.2, 0) is 4.79 Å². The van der Waals surface area contributed by atoms with Crippen LogP contribution in [0.2, 0.25) is 0 Å². The number of amides is 1. The van der Waals surface area contributed by atoms with Crippen LogP contribution in [0.4, 0.5) is 0 Å². The molecule has 1 atom stereocenters. The molecule has 0 spiro atoms. The number of thioether (sulfide) groups is 1. The molecule has 5 heteroatoms. The monoisotopic (exact) mass is 248 g/mol. The first-order valence-corrected chi connectivity index (χ1v) is 5.79. The van der Waals surface area contributed by atoms with Gasteiger partial charge in [0, 0.05) is 23.5 Å². The molecule has 0 aromatic rings. The van der Waals surface area contributed by atoms with Crippen LogP contribution >= 0.6 is 27.7 Å².